The normalized spacial score (nSPS) is 24.2. The standard InChI is InChI=1S/C9H14N2O5S/c1-4(2)6(9(13)14)11-7(12)5(10)8(11)17(3,15)16/h5,8H,10H2,1-3H3,(H,13,14). The average molecular weight is 262 g/mol. The summed E-state index contributed by atoms with van der Waals surface area (Å²) in [6, 6.07) is -1.20. The van der Waals surface area contributed by atoms with E-state index >= 15 is 0 Å². The van der Waals surface area contributed by atoms with Crippen molar-refractivity contribution in [3.8, 4) is 0 Å². The number of rotatable bonds is 3. The number of aliphatic carboxylic acids is 1. The van der Waals surface area contributed by atoms with Gasteiger partial charge in [0.05, 0.1) is 0 Å². The molecule has 1 aliphatic rings. The second kappa shape index (κ2) is 4.11. The minimum atomic E-state index is -3.63. The fraction of sp³-hybridized carbons (Fsp3) is 0.556. The average Bonchev–Trinajstić information content (AvgIpc) is 2.13. The van der Waals surface area contributed by atoms with Gasteiger partial charge in [0.15, 0.2) is 15.2 Å². The Morgan fingerprint density at radius 3 is 2.18 bits per heavy atom. The second-order valence-electron chi connectivity index (χ2n) is 4.11. The third-order valence-corrected chi connectivity index (χ3v) is 3.82. The highest BCUT2D eigenvalue weighted by atomic mass is 32.2. The first kappa shape index (κ1) is 13.7. The smallest absolute Gasteiger partial charge is 0.352 e. The van der Waals surface area contributed by atoms with E-state index in [4.69, 9.17) is 10.8 Å². The van der Waals surface area contributed by atoms with Crippen molar-refractivity contribution in [3.63, 3.8) is 0 Å². The maximum atomic E-state index is 11.5. The largest absolute Gasteiger partial charge is 0.477 e. The molecule has 1 saturated heterocycles. The molecular formula is C9H14N2O5S. The van der Waals surface area contributed by atoms with E-state index in [1.165, 1.54) is 13.8 Å². The Morgan fingerprint density at radius 1 is 1.41 bits per heavy atom. The van der Waals surface area contributed by atoms with Crippen LogP contribution >= 0.6 is 0 Å². The summed E-state index contributed by atoms with van der Waals surface area (Å²) in [5.74, 6) is -2.04. The van der Waals surface area contributed by atoms with Gasteiger partial charge in [-0.05, 0) is 19.4 Å². The summed E-state index contributed by atoms with van der Waals surface area (Å²) >= 11 is 0. The zero-order chi connectivity index (χ0) is 13.5. The van der Waals surface area contributed by atoms with Crippen LogP contribution in [0.2, 0.25) is 0 Å². The number of carbonyl (C=O) groups excluding carboxylic acids is 1. The topological polar surface area (TPSA) is 118 Å². The lowest BCUT2D eigenvalue weighted by atomic mass is 10.1. The minimum Gasteiger partial charge on any atom is -0.477 e. The Labute approximate surface area is 98.8 Å². The van der Waals surface area contributed by atoms with Crippen molar-refractivity contribution in [3.05, 3.63) is 11.3 Å². The number of allylic oxidation sites excluding steroid dienone is 1. The molecule has 96 valence electrons. The van der Waals surface area contributed by atoms with Gasteiger partial charge in [-0.15, -0.1) is 0 Å². The molecule has 1 amide bonds. The number of amides is 1. The molecule has 0 bridgehead atoms. The number of likely N-dealkylation sites (tertiary alicyclic amines) is 1. The van der Waals surface area contributed by atoms with Crippen molar-refractivity contribution in [1.82, 2.24) is 4.90 Å². The van der Waals surface area contributed by atoms with Crippen molar-refractivity contribution >= 4 is 21.7 Å². The molecule has 7 nitrogen and oxygen atoms in total. The molecule has 1 fully saturated rings. The van der Waals surface area contributed by atoms with E-state index in [1.807, 2.05) is 0 Å². The molecule has 0 aromatic carbocycles. The van der Waals surface area contributed by atoms with E-state index in [-0.39, 0.29) is 5.70 Å². The Bertz CT molecular complexity index is 503. The fourth-order valence-electron chi connectivity index (χ4n) is 1.74. The molecule has 1 heterocycles. The summed E-state index contributed by atoms with van der Waals surface area (Å²) in [5.41, 5.74) is 5.41. The van der Waals surface area contributed by atoms with Gasteiger partial charge in [-0.1, -0.05) is 0 Å². The van der Waals surface area contributed by atoms with Gasteiger partial charge in [0.2, 0.25) is 5.91 Å². The van der Waals surface area contributed by atoms with Crippen molar-refractivity contribution in [1.29, 1.82) is 0 Å². The zero-order valence-corrected chi connectivity index (χ0v) is 10.5. The Morgan fingerprint density at radius 2 is 1.88 bits per heavy atom. The number of hydrogen-bond acceptors (Lipinski definition) is 5. The van der Waals surface area contributed by atoms with Crippen molar-refractivity contribution in [2.75, 3.05) is 6.26 Å². The molecular weight excluding hydrogens is 248 g/mol. The molecule has 0 saturated carbocycles. The predicted octanol–water partition coefficient (Wildman–Crippen LogP) is -1.09. The number of β-lactam (4-membered cyclic amide) rings is 1. The Balaban J connectivity index is 3.27. The van der Waals surface area contributed by atoms with Gasteiger partial charge in [0.1, 0.15) is 11.7 Å². The molecule has 0 spiro atoms. The third-order valence-electron chi connectivity index (χ3n) is 2.44. The number of sulfone groups is 1. The molecule has 0 aliphatic carbocycles. The summed E-state index contributed by atoms with van der Waals surface area (Å²) in [7, 11) is -3.63. The molecule has 2 atom stereocenters. The molecule has 2 unspecified atom stereocenters. The first-order valence-corrected chi connectivity index (χ1v) is 6.72. The highest BCUT2D eigenvalue weighted by Crippen LogP contribution is 2.29. The van der Waals surface area contributed by atoms with Crippen LogP contribution in [0.5, 0.6) is 0 Å². The van der Waals surface area contributed by atoms with Gasteiger partial charge in [-0.2, -0.15) is 0 Å². The maximum Gasteiger partial charge on any atom is 0.352 e. The highest BCUT2D eigenvalue weighted by molar-refractivity contribution is 7.91. The number of nitrogens with zero attached hydrogens (tertiary/aromatic N) is 1. The molecule has 3 N–H and O–H groups in total. The minimum absolute atomic E-state index is 0.327. The summed E-state index contributed by atoms with van der Waals surface area (Å²) < 4.78 is 22.9. The molecule has 0 aromatic rings. The number of carbonyl (C=O) groups is 2. The van der Waals surface area contributed by atoms with E-state index in [1.54, 1.807) is 0 Å². The van der Waals surface area contributed by atoms with E-state index in [0.717, 1.165) is 11.2 Å². The van der Waals surface area contributed by atoms with E-state index in [0.29, 0.717) is 5.57 Å². The predicted molar refractivity (Wildman–Crippen MR) is 59.5 cm³/mol. The molecule has 1 aliphatic heterocycles. The molecule has 0 aromatic heterocycles. The van der Waals surface area contributed by atoms with Crippen LogP contribution in [0.15, 0.2) is 11.3 Å². The monoisotopic (exact) mass is 262 g/mol. The number of carboxylic acid groups (broad SMARTS) is 1. The highest BCUT2D eigenvalue weighted by Gasteiger charge is 2.53. The van der Waals surface area contributed by atoms with Crippen LogP contribution < -0.4 is 5.73 Å². The summed E-state index contributed by atoms with van der Waals surface area (Å²) in [5, 5.41) is 7.68. The van der Waals surface area contributed by atoms with Crippen LogP contribution in [0.1, 0.15) is 13.8 Å². The van der Waals surface area contributed by atoms with Crippen LogP contribution in [-0.2, 0) is 19.4 Å². The van der Waals surface area contributed by atoms with Crippen LogP contribution in [0, 0.1) is 0 Å². The van der Waals surface area contributed by atoms with Crippen LogP contribution in [0.25, 0.3) is 0 Å². The summed E-state index contributed by atoms with van der Waals surface area (Å²) in [4.78, 5) is 23.3. The molecule has 0 radical (unpaired) electrons. The fourth-order valence-corrected chi connectivity index (χ4v) is 2.98. The second-order valence-corrected chi connectivity index (χ2v) is 6.25. The Kier molecular flexibility index (Phi) is 3.30. The van der Waals surface area contributed by atoms with Crippen molar-refractivity contribution < 1.29 is 23.1 Å². The maximum absolute atomic E-state index is 11.5. The lowest BCUT2D eigenvalue weighted by Gasteiger charge is -2.44. The number of carboxylic acids is 1. The number of hydrogen-bond donors (Lipinski definition) is 2. The zero-order valence-electron chi connectivity index (χ0n) is 9.67. The summed E-state index contributed by atoms with van der Waals surface area (Å²) in [6.45, 7) is 2.97. The van der Waals surface area contributed by atoms with Crippen LogP contribution in [0.4, 0.5) is 0 Å². The lowest BCUT2D eigenvalue weighted by Crippen LogP contribution is -2.71. The van der Waals surface area contributed by atoms with E-state index in [9.17, 15) is 18.0 Å². The van der Waals surface area contributed by atoms with Crippen LogP contribution in [0.3, 0.4) is 0 Å². The van der Waals surface area contributed by atoms with Gasteiger partial charge in [-0.25, -0.2) is 13.2 Å². The quantitative estimate of drug-likeness (QED) is 0.492. The molecule has 8 heteroatoms. The first-order chi connectivity index (χ1) is 7.59. The van der Waals surface area contributed by atoms with Gasteiger partial charge in [0, 0.05) is 6.26 Å². The van der Waals surface area contributed by atoms with E-state index < -0.39 is 33.1 Å². The van der Waals surface area contributed by atoms with Crippen molar-refractivity contribution in [2.45, 2.75) is 25.3 Å². The van der Waals surface area contributed by atoms with Gasteiger partial charge in [-0.3, -0.25) is 9.69 Å². The van der Waals surface area contributed by atoms with Crippen LogP contribution in [-0.4, -0.2) is 48.0 Å². The third kappa shape index (κ3) is 2.18. The molecule has 1 rings (SSSR count). The number of nitrogens with two attached hydrogens (primary N) is 1. The van der Waals surface area contributed by atoms with Gasteiger partial charge >= 0.3 is 5.97 Å². The Hall–Kier alpha value is -1.41. The SMILES string of the molecule is CC(C)=C(C(=O)O)N1C(=O)C(N)C1S(C)(=O)=O. The van der Waals surface area contributed by atoms with Crippen molar-refractivity contribution in [2.24, 2.45) is 5.73 Å². The van der Waals surface area contributed by atoms with E-state index in [2.05, 4.69) is 0 Å². The summed E-state index contributed by atoms with van der Waals surface area (Å²) in [6.07, 6.45) is 0.918. The first-order valence-electron chi connectivity index (χ1n) is 4.77. The van der Waals surface area contributed by atoms with Gasteiger partial charge < -0.3 is 10.8 Å². The molecule has 17 heavy (non-hydrogen) atoms. The van der Waals surface area contributed by atoms with Gasteiger partial charge in [0.25, 0.3) is 0 Å². The lowest BCUT2D eigenvalue weighted by molar-refractivity contribution is -0.148.